The third-order valence-electron chi connectivity index (χ3n) is 9.88. The molecular formula is C33H37F4N7O4. The number of benzene rings is 1. The first kappa shape index (κ1) is 33.4. The highest BCUT2D eigenvalue weighted by molar-refractivity contribution is 6.10. The number of rotatable bonds is 5. The zero-order chi connectivity index (χ0) is 34.7. The number of hydrogen-bond acceptors (Lipinski definition) is 7. The molecule has 48 heavy (non-hydrogen) atoms. The molecule has 4 aliphatic heterocycles. The van der Waals surface area contributed by atoms with Crippen LogP contribution in [-0.4, -0.2) is 114 Å². The number of anilines is 3. The van der Waals surface area contributed by atoms with Crippen LogP contribution in [0.1, 0.15) is 24.6 Å². The van der Waals surface area contributed by atoms with E-state index in [1.165, 1.54) is 44.0 Å². The van der Waals surface area contributed by atoms with E-state index in [0.29, 0.717) is 45.8 Å². The fourth-order valence-corrected chi connectivity index (χ4v) is 7.69. The lowest BCUT2D eigenvalue weighted by Crippen LogP contribution is -2.78. The van der Waals surface area contributed by atoms with Gasteiger partial charge in [0.15, 0.2) is 0 Å². The molecule has 1 aromatic heterocycles. The molecule has 1 aromatic carbocycles. The first-order valence-electron chi connectivity index (χ1n) is 15.7. The minimum atomic E-state index is -4.69. The molecule has 2 aromatic rings. The number of likely N-dealkylation sites (tertiary alicyclic amines) is 1. The molecule has 0 bridgehead atoms. The van der Waals surface area contributed by atoms with E-state index in [2.05, 4.69) is 16.5 Å². The van der Waals surface area contributed by atoms with Crippen molar-refractivity contribution in [3.63, 3.8) is 0 Å². The van der Waals surface area contributed by atoms with Gasteiger partial charge in [-0.3, -0.25) is 29.0 Å². The number of carbonyl (C=O) groups is 4. The summed E-state index contributed by atoms with van der Waals surface area (Å²) in [6.07, 6.45) is -3.59. The van der Waals surface area contributed by atoms with Gasteiger partial charge in [0.05, 0.1) is 22.5 Å². The summed E-state index contributed by atoms with van der Waals surface area (Å²) in [6, 6.07) is 4.87. The van der Waals surface area contributed by atoms with E-state index in [4.69, 9.17) is 0 Å². The Labute approximate surface area is 275 Å². The van der Waals surface area contributed by atoms with Crippen LogP contribution in [-0.2, 0) is 25.4 Å². The van der Waals surface area contributed by atoms with Gasteiger partial charge in [0, 0.05) is 84.4 Å². The Balaban J connectivity index is 1.29. The molecule has 0 saturated carbocycles. The maximum atomic E-state index is 15.7. The van der Waals surface area contributed by atoms with E-state index in [0.717, 1.165) is 17.0 Å². The Morgan fingerprint density at radius 2 is 1.83 bits per heavy atom. The molecule has 0 aliphatic carbocycles. The molecule has 4 amide bonds. The van der Waals surface area contributed by atoms with Gasteiger partial charge < -0.3 is 19.6 Å². The third-order valence-corrected chi connectivity index (χ3v) is 9.88. The van der Waals surface area contributed by atoms with Crippen LogP contribution >= 0.6 is 0 Å². The molecule has 0 N–H and O–H groups in total. The van der Waals surface area contributed by atoms with Crippen molar-refractivity contribution in [1.29, 1.82) is 0 Å². The molecule has 3 saturated heterocycles. The molecule has 3 fully saturated rings. The number of alkyl halides is 3. The summed E-state index contributed by atoms with van der Waals surface area (Å²) in [5, 5.41) is 0. The molecule has 6 rings (SSSR count). The highest BCUT2D eigenvalue weighted by atomic mass is 19.4. The van der Waals surface area contributed by atoms with Crippen LogP contribution in [0.3, 0.4) is 0 Å². The number of amides is 4. The van der Waals surface area contributed by atoms with Crippen LogP contribution in [0.2, 0.25) is 0 Å². The van der Waals surface area contributed by atoms with Crippen molar-refractivity contribution in [2.45, 2.75) is 38.0 Å². The van der Waals surface area contributed by atoms with Gasteiger partial charge in [-0.15, -0.1) is 0 Å². The van der Waals surface area contributed by atoms with E-state index in [1.807, 2.05) is 0 Å². The van der Waals surface area contributed by atoms with Crippen LogP contribution in [0.25, 0.3) is 0 Å². The summed E-state index contributed by atoms with van der Waals surface area (Å²) in [7, 11) is 1.46. The van der Waals surface area contributed by atoms with Crippen molar-refractivity contribution in [3.8, 4) is 0 Å². The first-order chi connectivity index (χ1) is 22.6. The minimum absolute atomic E-state index is 0.0443. The zero-order valence-corrected chi connectivity index (χ0v) is 27.0. The van der Waals surface area contributed by atoms with Crippen molar-refractivity contribution in [1.82, 2.24) is 19.7 Å². The van der Waals surface area contributed by atoms with E-state index in [9.17, 15) is 32.3 Å². The number of fused-ring (bicyclic) bond motifs is 2. The van der Waals surface area contributed by atoms with Crippen molar-refractivity contribution < 1.29 is 36.7 Å². The molecule has 2 atom stereocenters. The second kappa shape index (κ2) is 12.2. The molecule has 256 valence electrons. The van der Waals surface area contributed by atoms with Crippen molar-refractivity contribution in [2.75, 3.05) is 74.1 Å². The number of carbonyl (C=O) groups excluding carboxylic acids is 4. The van der Waals surface area contributed by atoms with Crippen LogP contribution in [0, 0.1) is 18.7 Å². The Morgan fingerprint density at radius 3 is 2.50 bits per heavy atom. The van der Waals surface area contributed by atoms with Gasteiger partial charge in [0.25, 0.3) is 0 Å². The largest absolute Gasteiger partial charge is 0.416 e. The van der Waals surface area contributed by atoms with Crippen LogP contribution < -0.4 is 14.7 Å². The summed E-state index contributed by atoms with van der Waals surface area (Å²) in [5.74, 6) is -2.89. The Bertz CT molecular complexity index is 1680. The quantitative estimate of drug-likeness (QED) is 0.356. The normalized spacial score (nSPS) is 22.7. The van der Waals surface area contributed by atoms with Gasteiger partial charge in [-0.25, -0.2) is 9.37 Å². The monoisotopic (exact) mass is 671 g/mol. The molecule has 11 nitrogen and oxygen atoms in total. The number of aromatic nitrogens is 1. The smallest absolute Gasteiger partial charge is 0.366 e. The summed E-state index contributed by atoms with van der Waals surface area (Å²) < 4.78 is 56.9. The van der Waals surface area contributed by atoms with E-state index in [-0.39, 0.29) is 47.7 Å². The zero-order valence-electron chi connectivity index (χ0n) is 27.0. The summed E-state index contributed by atoms with van der Waals surface area (Å²) in [5.41, 5.74) is -1.04. The standard InChI is InChI=1S/C33H37F4N7O4/c1-5-27(46)42-18-32(19-42)17-40(10-12-43(32)21(3)45)9-11-41-16-22-14-28(47)44(26-15-23(33(35,36)37)13-20(2)38-26)29(22)31(48)39(4)25-8-6-7-24(34)30(25)41/h5-8,13,15,22,29H,1,9-12,14,16-19H2,2-4H3/t22-,29+/m1/s1. The Hall–Kier alpha value is -4.53. The first-order valence-corrected chi connectivity index (χ1v) is 15.7. The topological polar surface area (TPSA) is 101 Å². The van der Waals surface area contributed by atoms with Gasteiger partial charge >= 0.3 is 6.18 Å². The van der Waals surface area contributed by atoms with Crippen LogP contribution in [0.15, 0.2) is 43.0 Å². The highest BCUT2D eigenvalue weighted by Crippen LogP contribution is 2.41. The molecule has 0 unspecified atom stereocenters. The third kappa shape index (κ3) is 5.77. The van der Waals surface area contributed by atoms with Crippen LogP contribution in [0.5, 0.6) is 0 Å². The van der Waals surface area contributed by atoms with E-state index >= 15 is 4.39 Å². The predicted octanol–water partition coefficient (Wildman–Crippen LogP) is 2.68. The molecule has 5 heterocycles. The molecular weight excluding hydrogens is 634 g/mol. The molecule has 1 spiro atoms. The van der Waals surface area contributed by atoms with E-state index < -0.39 is 46.9 Å². The molecule has 15 heteroatoms. The van der Waals surface area contributed by atoms with E-state index in [1.54, 1.807) is 20.8 Å². The minimum Gasteiger partial charge on any atom is -0.366 e. The van der Waals surface area contributed by atoms with Gasteiger partial charge in [0.2, 0.25) is 23.6 Å². The number of nitrogens with zero attached hydrogens (tertiary/aromatic N) is 7. The molecule has 4 aliphatic rings. The van der Waals surface area contributed by atoms with Crippen molar-refractivity contribution in [2.24, 2.45) is 5.92 Å². The van der Waals surface area contributed by atoms with Crippen molar-refractivity contribution in [3.05, 3.63) is 60.1 Å². The second-order valence-electron chi connectivity index (χ2n) is 13.0. The van der Waals surface area contributed by atoms with Gasteiger partial charge in [-0.05, 0) is 37.3 Å². The van der Waals surface area contributed by atoms with Crippen molar-refractivity contribution >= 4 is 40.8 Å². The fourth-order valence-electron chi connectivity index (χ4n) is 7.69. The Kier molecular flexibility index (Phi) is 8.46. The average molecular weight is 672 g/mol. The maximum Gasteiger partial charge on any atom is 0.416 e. The maximum absolute atomic E-state index is 15.7. The number of likely N-dealkylation sites (N-methyl/N-ethyl adjacent to an activating group) is 1. The lowest BCUT2D eigenvalue weighted by molar-refractivity contribution is -0.161. The number of halogens is 4. The van der Waals surface area contributed by atoms with Gasteiger partial charge in [0.1, 0.15) is 17.7 Å². The summed E-state index contributed by atoms with van der Waals surface area (Å²) in [4.78, 5) is 66.2. The SMILES string of the molecule is C=CC(=O)N1CC2(CN(CCN3C[C@H]4CC(=O)N(c5cc(C(F)(F)F)cc(C)n5)[C@@H]4C(=O)N(C)c4cccc(F)c43)CCN2C(C)=O)C1. The Morgan fingerprint density at radius 1 is 1.10 bits per heavy atom. The van der Waals surface area contributed by atoms with Crippen LogP contribution in [0.4, 0.5) is 34.8 Å². The fraction of sp³-hybridized carbons (Fsp3) is 0.485. The number of hydrogen-bond donors (Lipinski definition) is 0. The second-order valence-corrected chi connectivity index (χ2v) is 13.0. The number of pyridine rings is 1. The number of aryl methyl sites for hydroxylation is 1. The lowest BCUT2D eigenvalue weighted by Gasteiger charge is -2.59. The summed E-state index contributed by atoms with van der Waals surface area (Å²) in [6.45, 7) is 9.48. The number of piperazine rings is 1. The number of para-hydroxylation sites is 1. The predicted molar refractivity (Wildman–Crippen MR) is 169 cm³/mol. The summed E-state index contributed by atoms with van der Waals surface area (Å²) >= 11 is 0. The average Bonchev–Trinajstić information content (AvgIpc) is 3.34. The van der Waals surface area contributed by atoms with Gasteiger partial charge in [-0.1, -0.05) is 12.6 Å². The van der Waals surface area contributed by atoms with Gasteiger partial charge in [-0.2, -0.15) is 13.2 Å². The molecule has 0 radical (unpaired) electrons. The highest BCUT2D eigenvalue weighted by Gasteiger charge is 2.53. The lowest BCUT2D eigenvalue weighted by atomic mass is 9.84.